The van der Waals surface area contributed by atoms with Crippen molar-refractivity contribution in [1.82, 2.24) is 0 Å². The smallest absolute Gasteiger partial charge is 0.162 e. The van der Waals surface area contributed by atoms with Crippen LogP contribution in [0.5, 0.6) is 0 Å². The molecule has 5 heavy (non-hydrogen) atoms. The predicted octanol–water partition coefficient (Wildman–Crippen LogP) is -0.844. The van der Waals surface area contributed by atoms with Crippen molar-refractivity contribution in [3.63, 3.8) is 0 Å². The molecule has 0 heterocycles. The van der Waals surface area contributed by atoms with Crippen molar-refractivity contribution in [1.29, 1.82) is 0 Å². The Kier molecular flexibility index (Phi) is 114. The normalized spacial score (nSPS) is 4.20. The Morgan fingerprint density at radius 2 is 1.40 bits per heavy atom. The van der Waals surface area contributed by atoms with Crippen molar-refractivity contribution in [2.45, 2.75) is 0 Å². The van der Waals surface area contributed by atoms with E-state index in [1.807, 2.05) is 0 Å². The van der Waals surface area contributed by atoms with Gasteiger partial charge in [-0.05, 0) is 4.57 Å². The van der Waals surface area contributed by atoms with Crippen LogP contribution in [-0.4, -0.2) is 21.7 Å². The van der Waals surface area contributed by atoms with Gasteiger partial charge in [0, 0.05) is 16.8 Å². The van der Waals surface area contributed by atoms with Crippen molar-refractivity contribution in [3.05, 3.63) is 0 Å². The minimum absolute atomic E-state index is 0. The standard InChI is InChI=1S/2B.HO2P/c;;1-3-2/h;;3H/p+1. The first-order valence-electron chi connectivity index (χ1n) is 0.428. The third-order valence-corrected chi connectivity index (χ3v) is 0. The molecule has 6 radical (unpaired) electrons. The quantitative estimate of drug-likeness (QED) is 0.308. The molecule has 0 aromatic rings. The van der Waals surface area contributed by atoms with E-state index in [2.05, 4.69) is 0 Å². The zero-order valence-corrected chi connectivity index (χ0v) is 3.51. The highest BCUT2D eigenvalue weighted by Crippen LogP contribution is 1.66. The molecule has 0 aliphatic rings. The summed E-state index contributed by atoms with van der Waals surface area (Å²) in [7, 11) is -1.17. The summed E-state index contributed by atoms with van der Waals surface area (Å²) in [6.07, 6.45) is 0. The molecule has 1 atom stereocenters. The minimum atomic E-state index is -1.17. The maximum Gasteiger partial charge on any atom is 0.491 e. The second-order valence-corrected chi connectivity index (χ2v) is 0.274. The lowest BCUT2D eigenvalue weighted by atomic mass is 10.8. The van der Waals surface area contributed by atoms with E-state index in [1.165, 1.54) is 0 Å². The molecule has 0 saturated carbocycles. The van der Waals surface area contributed by atoms with Crippen LogP contribution in [0.3, 0.4) is 0 Å². The molecule has 1 N–H and O–H groups in total. The molecule has 24 valence electrons. The first-order chi connectivity index (χ1) is 1.41. The van der Waals surface area contributed by atoms with Gasteiger partial charge in [0.15, 0.2) is 0 Å². The summed E-state index contributed by atoms with van der Waals surface area (Å²) in [6, 6.07) is 0. The van der Waals surface area contributed by atoms with Crippen LogP contribution in [0.2, 0.25) is 0 Å². The molecule has 0 saturated heterocycles. The number of rotatable bonds is 0. The van der Waals surface area contributed by atoms with Crippen molar-refractivity contribution >= 4 is 25.5 Å². The Labute approximate surface area is 36.0 Å². The van der Waals surface area contributed by atoms with Crippen LogP contribution < -0.4 is 0 Å². The lowest BCUT2D eigenvalue weighted by Crippen LogP contribution is -1.03. The van der Waals surface area contributed by atoms with Gasteiger partial charge in [-0.25, -0.2) is 0 Å². The molecule has 0 aromatic carbocycles. The van der Waals surface area contributed by atoms with E-state index in [1.54, 1.807) is 0 Å². The highest BCUT2D eigenvalue weighted by Gasteiger charge is 1.45. The lowest BCUT2D eigenvalue weighted by Gasteiger charge is -1.08. The maximum absolute atomic E-state index is 8.51. The highest BCUT2D eigenvalue weighted by molar-refractivity contribution is 7.16. The second-order valence-electron chi connectivity index (χ2n) is 0.0913. The van der Waals surface area contributed by atoms with E-state index in [9.17, 15) is 0 Å². The summed E-state index contributed by atoms with van der Waals surface area (Å²) in [5.74, 6) is 0. The Morgan fingerprint density at radius 3 is 1.40 bits per heavy atom. The van der Waals surface area contributed by atoms with Crippen LogP contribution in [0.4, 0.5) is 0 Å². The van der Waals surface area contributed by atoms with Crippen molar-refractivity contribution in [3.8, 4) is 0 Å². The summed E-state index contributed by atoms with van der Waals surface area (Å²) in [6.45, 7) is 0. The van der Waals surface area contributed by atoms with Gasteiger partial charge in [0.25, 0.3) is 0 Å². The molecular formula is H2B2O2P+. The van der Waals surface area contributed by atoms with Crippen molar-refractivity contribution < 1.29 is 9.46 Å². The monoisotopic (exact) mass is 87.0 g/mol. The van der Waals surface area contributed by atoms with Gasteiger partial charge in [0.05, 0.1) is 0 Å². The van der Waals surface area contributed by atoms with Crippen LogP contribution in [0, 0.1) is 0 Å². The van der Waals surface area contributed by atoms with Crippen LogP contribution in [0.25, 0.3) is 0 Å². The van der Waals surface area contributed by atoms with Gasteiger partial charge >= 0.3 is 8.69 Å². The number of hydrogen-bond donors (Lipinski definition) is 1. The molecule has 0 bridgehead atoms. The molecule has 0 fully saturated rings. The Bertz CT molecular complexity index is 15.1. The first-order valence-corrected chi connectivity index (χ1v) is 1.28. The van der Waals surface area contributed by atoms with E-state index < -0.39 is 8.69 Å². The third-order valence-electron chi connectivity index (χ3n) is 0. The average molecular weight is 86.6 g/mol. The first kappa shape index (κ1) is 19.0. The molecule has 0 aromatic heterocycles. The van der Waals surface area contributed by atoms with Gasteiger partial charge in [0.1, 0.15) is 0 Å². The van der Waals surface area contributed by atoms with Crippen LogP contribution in [0.1, 0.15) is 0 Å². The fourth-order valence-electron chi connectivity index (χ4n) is 0. The largest absolute Gasteiger partial charge is 0.491 e. The summed E-state index contributed by atoms with van der Waals surface area (Å²) in [5, 5.41) is 0. The minimum Gasteiger partial charge on any atom is -0.162 e. The molecule has 0 spiro atoms. The zero-order chi connectivity index (χ0) is 2.71. The Balaban J connectivity index is -0.0000000200. The topological polar surface area (TPSA) is 37.3 Å². The summed E-state index contributed by atoms with van der Waals surface area (Å²) >= 11 is 0. The fraction of sp³-hybridized carbons (Fsp3) is 0. The molecule has 0 aliphatic carbocycles. The molecule has 5 heteroatoms. The van der Waals surface area contributed by atoms with Crippen molar-refractivity contribution in [2.24, 2.45) is 0 Å². The molecule has 0 amide bonds. The van der Waals surface area contributed by atoms with Gasteiger partial charge in [-0.2, -0.15) is 4.89 Å². The van der Waals surface area contributed by atoms with Gasteiger partial charge in [-0.3, -0.25) is 0 Å². The van der Waals surface area contributed by atoms with E-state index in [0.29, 0.717) is 0 Å². The lowest BCUT2D eigenvalue weighted by molar-refractivity contribution is 0.524. The molecule has 0 aliphatic heterocycles. The molecule has 0 rings (SSSR count). The molecular weight excluding hydrogens is 84.6 g/mol. The van der Waals surface area contributed by atoms with Crippen molar-refractivity contribution in [2.75, 3.05) is 0 Å². The van der Waals surface area contributed by atoms with Gasteiger partial charge in [0.2, 0.25) is 0 Å². The summed E-state index contributed by atoms with van der Waals surface area (Å²) in [5.41, 5.74) is 0. The second kappa shape index (κ2) is 30.1. The van der Waals surface area contributed by atoms with Crippen LogP contribution >= 0.6 is 8.69 Å². The predicted molar refractivity (Wildman–Crippen MR) is 22.7 cm³/mol. The van der Waals surface area contributed by atoms with Gasteiger partial charge in [-0.1, -0.05) is 0 Å². The number of hydrogen-bond acceptors (Lipinski definition) is 1. The SMILES string of the molecule is O=[PH+]O.[B].[B]. The average Bonchev–Trinajstić information content (AvgIpc) is 0.918. The molecule has 1 unspecified atom stereocenters. The Hall–Kier alpha value is 0.190. The van der Waals surface area contributed by atoms with E-state index in [-0.39, 0.29) is 16.8 Å². The highest BCUT2D eigenvalue weighted by atomic mass is 31.1. The van der Waals surface area contributed by atoms with E-state index >= 15 is 0 Å². The summed E-state index contributed by atoms with van der Waals surface area (Å²) < 4.78 is 8.51. The third kappa shape index (κ3) is 557. The fourth-order valence-corrected chi connectivity index (χ4v) is 0. The van der Waals surface area contributed by atoms with Crippen LogP contribution in [0.15, 0.2) is 0 Å². The maximum atomic E-state index is 8.51. The summed E-state index contributed by atoms with van der Waals surface area (Å²) in [4.78, 5) is 7.04. The molecule has 2 nitrogen and oxygen atoms in total. The van der Waals surface area contributed by atoms with Crippen LogP contribution in [-0.2, 0) is 4.57 Å². The van der Waals surface area contributed by atoms with E-state index in [4.69, 9.17) is 9.46 Å². The zero-order valence-electron chi connectivity index (χ0n) is 2.51. The van der Waals surface area contributed by atoms with Gasteiger partial charge in [-0.15, -0.1) is 0 Å². The Morgan fingerprint density at radius 1 is 1.40 bits per heavy atom. The van der Waals surface area contributed by atoms with Gasteiger partial charge < -0.3 is 0 Å². The van der Waals surface area contributed by atoms with E-state index in [0.717, 1.165) is 0 Å².